The first-order valence-corrected chi connectivity index (χ1v) is 1.59. The molecule has 0 heterocycles. The molecular weight excluding hydrogens is 71.0 g/mol. The van der Waals surface area contributed by atoms with Crippen LogP contribution < -0.4 is 0 Å². The second kappa shape index (κ2) is 2.15. The van der Waals surface area contributed by atoms with Crippen molar-refractivity contribution in [3.63, 3.8) is 0 Å². The van der Waals surface area contributed by atoms with Gasteiger partial charge in [-0.25, -0.2) is 4.39 Å². The summed E-state index contributed by atoms with van der Waals surface area (Å²) in [6.45, 7) is 1.57. The van der Waals surface area contributed by atoms with Crippen LogP contribution in [-0.4, -0.2) is 11.5 Å². The summed E-state index contributed by atoms with van der Waals surface area (Å²) in [5.41, 5.74) is 0. The zero-order valence-electron chi connectivity index (χ0n) is 3.11. The van der Waals surface area contributed by atoms with E-state index in [1.807, 2.05) is 0 Å². The summed E-state index contributed by atoms with van der Waals surface area (Å²) in [6.07, 6.45) is -1.42. The van der Waals surface area contributed by atoms with Gasteiger partial charge in [0.25, 0.3) is 0 Å². The van der Waals surface area contributed by atoms with E-state index in [9.17, 15) is 4.39 Å². The summed E-state index contributed by atoms with van der Waals surface area (Å²) in [6, 6.07) is 0. The second-order valence-electron chi connectivity index (χ2n) is 0.843. The molecule has 0 unspecified atom stereocenters. The van der Waals surface area contributed by atoms with E-state index in [0.717, 1.165) is 0 Å². The van der Waals surface area contributed by atoms with E-state index < -0.39 is 6.36 Å². The molecule has 1 nitrogen and oxygen atoms in total. The fourth-order valence-electron chi connectivity index (χ4n) is 0. The normalized spacial score (nSPS) is 15.0. The molecule has 5 heavy (non-hydrogen) atoms. The van der Waals surface area contributed by atoms with E-state index in [2.05, 4.69) is 0 Å². The molecule has 0 saturated carbocycles. The SMILES string of the molecule is CC[C@@H](O)F. The molecule has 0 aromatic heterocycles. The fourth-order valence-corrected chi connectivity index (χ4v) is 0. The number of hydrogen-bond donors (Lipinski definition) is 1. The van der Waals surface area contributed by atoms with Crippen LogP contribution in [0.5, 0.6) is 0 Å². The molecule has 0 aliphatic heterocycles. The Balaban J connectivity index is 2.54. The third-order valence-electron chi connectivity index (χ3n) is 0.337. The van der Waals surface area contributed by atoms with Crippen molar-refractivity contribution in [1.82, 2.24) is 0 Å². The van der Waals surface area contributed by atoms with E-state index in [1.54, 1.807) is 6.92 Å². The monoisotopic (exact) mass is 78.0 g/mol. The number of aliphatic hydroxyl groups excluding tert-OH is 1. The van der Waals surface area contributed by atoms with Crippen LogP contribution in [0.4, 0.5) is 4.39 Å². The van der Waals surface area contributed by atoms with Crippen LogP contribution in [0.3, 0.4) is 0 Å². The predicted octanol–water partition coefficient (Wildman–Crippen LogP) is 0.684. The third kappa shape index (κ3) is 3.89. The van der Waals surface area contributed by atoms with E-state index in [4.69, 9.17) is 5.11 Å². The van der Waals surface area contributed by atoms with Gasteiger partial charge in [0, 0.05) is 6.42 Å². The van der Waals surface area contributed by atoms with Crippen LogP contribution in [0.2, 0.25) is 0 Å². The van der Waals surface area contributed by atoms with E-state index >= 15 is 0 Å². The van der Waals surface area contributed by atoms with Crippen molar-refractivity contribution in [2.45, 2.75) is 19.7 Å². The molecule has 0 bridgehead atoms. The number of hydrogen-bond acceptors (Lipinski definition) is 1. The molecule has 0 aliphatic rings. The van der Waals surface area contributed by atoms with Gasteiger partial charge in [-0.1, -0.05) is 6.92 Å². The van der Waals surface area contributed by atoms with Gasteiger partial charge in [-0.05, 0) is 0 Å². The van der Waals surface area contributed by atoms with E-state index in [1.165, 1.54) is 0 Å². The molecule has 0 radical (unpaired) electrons. The van der Waals surface area contributed by atoms with E-state index in [-0.39, 0.29) is 6.42 Å². The maximum absolute atomic E-state index is 11.0. The lowest BCUT2D eigenvalue weighted by Gasteiger charge is -1.85. The molecule has 0 spiro atoms. The van der Waals surface area contributed by atoms with Crippen molar-refractivity contribution in [3.05, 3.63) is 0 Å². The van der Waals surface area contributed by atoms with Crippen molar-refractivity contribution in [2.75, 3.05) is 0 Å². The molecule has 2 heteroatoms. The third-order valence-corrected chi connectivity index (χ3v) is 0.337. The second-order valence-corrected chi connectivity index (χ2v) is 0.843. The van der Waals surface area contributed by atoms with Crippen LogP contribution in [0.25, 0.3) is 0 Å². The van der Waals surface area contributed by atoms with Gasteiger partial charge in [0.1, 0.15) is 0 Å². The Morgan fingerprint density at radius 2 is 2.20 bits per heavy atom. The van der Waals surface area contributed by atoms with Gasteiger partial charge in [0.15, 0.2) is 6.36 Å². The van der Waals surface area contributed by atoms with Crippen LogP contribution >= 0.6 is 0 Å². The average Bonchev–Trinajstić information content (AvgIpc) is 1.38. The Morgan fingerprint density at radius 3 is 2.20 bits per heavy atom. The Kier molecular flexibility index (Phi) is 2.10. The molecule has 32 valence electrons. The van der Waals surface area contributed by atoms with Gasteiger partial charge >= 0.3 is 0 Å². The molecule has 0 aromatic carbocycles. The predicted molar refractivity (Wildman–Crippen MR) is 17.4 cm³/mol. The van der Waals surface area contributed by atoms with Crippen molar-refractivity contribution in [1.29, 1.82) is 0 Å². The summed E-state index contributed by atoms with van der Waals surface area (Å²) < 4.78 is 11.0. The summed E-state index contributed by atoms with van der Waals surface area (Å²) in [5, 5.41) is 7.69. The Hall–Kier alpha value is -0.110. The molecule has 1 N–H and O–H groups in total. The first kappa shape index (κ1) is 4.89. The molecular formula is C3H7FO. The Labute approximate surface area is 30.4 Å². The molecule has 0 fully saturated rings. The first-order chi connectivity index (χ1) is 2.27. The lowest BCUT2D eigenvalue weighted by Crippen LogP contribution is -1.90. The van der Waals surface area contributed by atoms with Crippen molar-refractivity contribution in [2.24, 2.45) is 0 Å². The highest BCUT2D eigenvalue weighted by molar-refractivity contribution is 4.22. The van der Waals surface area contributed by atoms with Crippen LogP contribution in [-0.2, 0) is 0 Å². The summed E-state index contributed by atoms with van der Waals surface area (Å²) in [4.78, 5) is 0. The zero-order valence-corrected chi connectivity index (χ0v) is 3.11. The number of alkyl halides is 1. The maximum Gasteiger partial charge on any atom is 0.196 e. The Morgan fingerprint density at radius 1 is 2.00 bits per heavy atom. The molecule has 0 aliphatic carbocycles. The largest absolute Gasteiger partial charge is 0.364 e. The molecule has 1 atom stereocenters. The lowest BCUT2D eigenvalue weighted by molar-refractivity contribution is 0.0391. The minimum absolute atomic E-state index is 0.194. The molecule has 0 rings (SSSR count). The molecule has 0 aromatic rings. The van der Waals surface area contributed by atoms with Crippen molar-refractivity contribution in [3.8, 4) is 0 Å². The summed E-state index contributed by atoms with van der Waals surface area (Å²) in [7, 11) is 0. The lowest BCUT2D eigenvalue weighted by atomic mass is 10.5. The van der Waals surface area contributed by atoms with Crippen LogP contribution in [0, 0.1) is 0 Å². The van der Waals surface area contributed by atoms with Gasteiger partial charge in [0.2, 0.25) is 0 Å². The minimum atomic E-state index is -1.62. The standard InChI is InChI=1S/C3H7FO/c1-2-3(4)5/h3,5H,2H2,1H3/t3-/m1/s1. The van der Waals surface area contributed by atoms with Gasteiger partial charge in [0.05, 0.1) is 0 Å². The average molecular weight is 78.1 g/mol. The highest BCUT2D eigenvalue weighted by atomic mass is 19.1. The first-order valence-electron chi connectivity index (χ1n) is 1.59. The summed E-state index contributed by atoms with van der Waals surface area (Å²) >= 11 is 0. The number of aliphatic hydroxyl groups is 1. The Bertz CT molecular complexity index is 20.9. The van der Waals surface area contributed by atoms with E-state index in [0.29, 0.717) is 0 Å². The van der Waals surface area contributed by atoms with Crippen LogP contribution in [0.15, 0.2) is 0 Å². The highest BCUT2D eigenvalue weighted by Gasteiger charge is 1.87. The maximum atomic E-state index is 11.0. The van der Waals surface area contributed by atoms with Gasteiger partial charge < -0.3 is 5.11 Å². The quantitative estimate of drug-likeness (QED) is 0.489. The van der Waals surface area contributed by atoms with Crippen molar-refractivity contribution < 1.29 is 9.50 Å². The molecule has 0 amide bonds. The smallest absolute Gasteiger partial charge is 0.196 e. The minimum Gasteiger partial charge on any atom is -0.364 e. The number of rotatable bonds is 1. The summed E-state index contributed by atoms with van der Waals surface area (Å²) in [5.74, 6) is 0. The zero-order chi connectivity index (χ0) is 4.28. The fraction of sp³-hybridized carbons (Fsp3) is 1.00. The van der Waals surface area contributed by atoms with Crippen molar-refractivity contribution >= 4 is 0 Å². The molecule has 0 saturated heterocycles. The number of halogens is 1. The topological polar surface area (TPSA) is 20.2 Å². The van der Waals surface area contributed by atoms with Crippen LogP contribution in [0.1, 0.15) is 13.3 Å². The highest BCUT2D eigenvalue weighted by Crippen LogP contribution is 1.85. The van der Waals surface area contributed by atoms with Gasteiger partial charge in [-0.2, -0.15) is 0 Å². The van der Waals surface area contributed by atoms with Gasteiger partial charge in [-0.15, -0.1) is 0 Å². The van der Waals surface area contributed by atoms with Gasteiger partial charge in [-0.3, -0.25) is 0 Å².